The quantitative estimate of drug-likeness (QED) is 0.603. The highest BCUT2D eigenvalue weighted by Gasteiger charge is 1.93. The van der Waals surface area contributed by atoms with E-state index >= 15 is 0 Å². The molecule has 0 radical (unpaired) electrons. The van der Waals surface area contributed by atoms with Crippen LogP contribution in [0.1, 0.15) is 5.56 Å². The van der Waals surface area contributed by atoms with E-state index in [2.05, 4.69) is 11.6 Å². The second-order valence-electron chi connectivity index (χ2n) is 1.91. The molecule has 1 rings (SSSR count). The Balaban J connectivity index is 2.91. The summed E-state index contributed by atoms with van der Waals surface area (Å²) in [6.07, 6.45) is 1.79. The van der Waals surface area contributed by atoms with Gasteiger partial charge in [0, 0.05) is 6.20 Å². The molecule has 0 aromatic carbocycles. The maximum absolute atomic E-state index is 4.16. The Kier molecular flexibility index (Phi) is 2.51. The first-order valence-electron chi connectivity index (χ1n) is 3.04. The predicted octanol–water partition coefficient (Wildman–Crippen LogP) is 2.63. The Bertz CT molecular complexity index is 232. The molecule has 0 aliphatic carbocycles. The second-order valence-corrected chi connectivity index (χ2v) is 2.87. The van der Waals surface area contributed by atoms with E-state index in [-0.39, 0.29) is 0 Å². The van der Waals surface area contributed by atoms with Crippen LogP contribution in [-0.2, 0) is 0 Å². The van der Waals surface area contributed by atoms with Crippen LogP contribution in [0, 0.1) is 6.92 Å². The number of pyridine rings is 1. The molecule has 0 unspecified atom stereocenters. The van der Waals surface area contributed by atoms with Gasteiger partial charge in [-0.1, -0.05) is 24.4 Å². The molecule has 0 fully saturated rings. The molecule has 0 aliphatic heterocycles. The Morgan fingerprint density at radius 2 is 2.50 bits per heavy atom. The largest absolute Gasteiger partial charge is 0.249 e. The fourth-order valence-corrected chi connectivity index (χ4v) is 1.21. The topological polar surface area (TPSA) is 12.9 Å². The van der Waals surface area contributed by atoms with Crippen LogP contribution in [0.5, 0.6) is 0 Å². The summed E-state index contributed by atoms with van der Waals surface area (Å²) in [5, 5.41) is 2.83. The van der Waals surface area contributed by atoms with Crippen molar-refractivity contribution < 1.29 is 0 Å². The first-order valence-corrected chi connectivity index (χ1v) is 3.91. The van der Waals surface area contributed by atoms with Gasteiger partial charge in [0.25, 0.3) is 0 Å². The van der Waals surface area contributed by atoms with Crippen LogP contribution in [0.25, 0.3) is 0 Å². The van der Waals surface area contributed by atoms with Gasteiger partial charge in [0.1, 0.15) is 5.03 Å². The summed E-state index contributed by atoms with van der Waals surface area (Å²) in [6, 6.07) is 3.97. The van der Waals surface area contributed by atoms with Gasteiger partial charge >= 0.3 is 0 Å². The molecule has 0 amide bonds. The molecule has 1 nitrogen and oxygen atoms in total. The van der Waals surface area contributed by atoms with E-state index in [0.29, 0.717) is 0 Å². The Morgan fingerprint density at radius 3 is 3.10 bits per heavy atom. The zero-order valence-electron chi connectivity index (χ0n) is 5.87. The third-order valence-electron chi connectivity index (χ3n) is 1.16. The fourth-order valence-electron chi connectivity index (χ4n) is 0.674. The van der Waals surface area contributed by atoms with E-state index in [1.54, 1.807) is 23.4 Å². The van der Waals surface area contributed by atoms with Gasteiger partial charge < -0.3 is 0 Å². The van der Waals surface area contributed by atoms with E-state index in [1.165, 1.54) is 5.56 Å². The van der Waals surface area contributed by atoms with E-state index in [9.17, 15) is 0 Å². The van der Waals surface area contributed by atoms with Crippen LogP contribution in [0.3, 0.4) is 0 Å². The smallest absolute Gasteiger partial charge is 0.103 e. The standard InChI is InChI=1S/C8H9NS/c1-3-10-8-7(2)5-4-6-9-8/h3-6H,1H2,2H3. The van der Waals surface area contributed by atoms with Crippen LogP contribution in [0.2, 0.25) is 0 Å². The minimum absolute atomic E-state index is 1.04. The number of aryl methyl sites for hydroxylation is 1. The van der Waals surface area contributed by atoms with Crippen LogP contribution in [-0.4, -0.2) is 4.98 Å². The molecular weight excluding hydrogens is 142 g/mol. The van der Waals surface area contributed by atoms with Crippen molar-refractivity contribution >= 4 is 11.8 Å². The van der Waals surface area contributed by atoms with Crippen LogP contribution in [0.4, 0.5) is 0 Å². The first-order chi connectivity index (χ1) is 4.84. The average molecular weight is 151 g/mol. The van der Waals surface area contributed by atoms with Crippen molar-refractivity contribution in [2.75, 3.05) is 0 Å². The summed E-state index contributed by atoms with van der Waals surface area (Å²) in [5.74, 6) is 0. The molecule has 0 saturated heterocycles. The highest BCUT2D eigenvalue weighted by molar-refractivity contribution is 8.02. The highest BCUT2D eigenvalue weighted by atomic mass is 32.2. The normalized spacial score (nSPS) is 9.30. The van der Waals surface area contributed by atoms with Crippen molar-refractivity contribution in [2.24, 2.45) is 0 Å². The lowest BCUT2D eigenvalue weighted by molar-refractivity contribution is 1.08. The monoisotopic (exact) mass is 151 g/mol. The lowest BCUT2D eigenvalue weighted by Crippen LogP contribution is -1.80. The maximum atomic E-state index is 4.16. The lowest BCUT2D eigenvalue weighted by atomic mass is 10.3. The van der Waals surface area contributed by atoms with Crippen molar-refractivity contribution in [2.45, 2.75) is 11.9 Å². The molecule has 0 aliphatic rings. The number of hydrogen-bond acceptors (Lipinski definition) is 2. The van der Waals surface area contributed by atoms with Crippen molar-refractivity contribution in [3.8, 4) is 0 Å². The minimum Gasteiger partial charge on any atom is -0.249 e. The molecule has 0 N–H and O–H groups in total. The maximum Gasteiger partial charge on any atom is 0.103 e. The number of nitrogens with zero attached hydrogens (tertiary/aromatic N) is 1. The van der Waals surface area contributed by atoms with Gasteiger partial charge in [-0.2, -0.15) is 0 Å². The molecule has 0 atom stereocenters. The second kappa shape index (κ2) is 3.42. The molecule has 0 spiro atoms. The van der Waals surface area contributed by atoms with Gasteiger partial charge in [-0.3, -0.25) is 0 Å². The fraction of sp³-hybridized carbons (Fsp3) is 0.125. The summed E-state index contributed by atoms with van der Waals surface area (Å²) in [5.41, 5.74) is 1.20. The Labute approximate surface area is 65.2 Å². The van der Waals surface area contributed by atoms with Crippen molar-refractivity contribution in [3.05, 3.63) is 35.9 Å². The number of hydrogen-bond donors (Lipinski definition) is 0. The average Bonchev–Trinajstić information content (AvgIpc) is 1.94. The molecule has 10 heavy (non-hydrogen) atoms. The summed E-state index contributed by atoms with van der Waals surface area (Å²) in [6.45, 7) is 5.66. The van der Waals surface area contributed by atoms with Crippen LogP contribution in [0.15, 0.2) is 35.3 Å². The molecule has 1 heterocycles. The van der Waals surface area contributed by atoms with Gasteiger partial charge in [0.15, 0.2) is 0 Å². The molecular formula is C8H9NS. The zero-order valence-corrected chi connectivity index (χ0v) is 6.69. The van der Waals surface area contributed by atoms with Gasteiger partial charge in [-0.05, 0) is 24.0 Å². The Morgan fingerprint density at radius 1 is 1.70 bits per heavy atom. The molecule has 1 aromatic heterocycles. The molecule has 2 heteroatoms. The summed E-state index contributed by atoms with van der Waals surface area (Å²) in [7, 11) is 0. The predicted molar refractivity (Wildman–Crippen MR) is 45.0 cm³/mol. The Hall–Kier alpha value is -0.760. The lowest BCUT2D eigenvalue weighted by Gasteiger charge is -1.97. The summed E-state index contributed by atoms with van der Waals surface area (Å²) >= 11 is 1.55. The van der Waals surface area contributed by atoms with Gasteiger partial charge in [-0.15, -0.1) is 0 Å². The number of thioether (sulfide) groups is 1. The van der Waals surface area contributed by atoms with Gasteiger partial charge in [0.05, 0.1) is 0 Å². The van der Waals surface area contributed by atoms with E-state index in [0.717, 1.165) is 5.03 Å². The van der Waals surface area contributed by atoms with Gasteiger partial charge in [-0.25, -0.2) is 4.98 Å². The van der Waals surface area contributed by atoms with E-state index in [1.807, 2.05) is 19.1 Å². The highest BCUT2D eigenvalue weighted by Crippen LogP contribution is 2.18. The third-order valence-corrected chi connectivity index (χ3v) is 1.97. The molecule has 0 bridgehead atoms. The number of rotatable bonds is 2. The molecule has 52 valence electrons. The van der Waals surface area contributed by atoms with E-state index < -0.39 is 0 Å². The minimum atomic E-state index is 1.04. The van der Waals surface area contributed by atoms with Crippen molar-refractivity contribution in [3.63, 3.8) is 0 Å². The number of aromatic nitrogens is 1. The molecule has 1 aromatic rings. The molecule has 0 saturated carbocycles. The summed E-state index contributed by atoms with van der Waals surface area (Å²) in [4.78, 5) is 4.16. The summed E-state index contributed by atoms with van der Waals surface area (Å²) < 4.78 is 0. The SMILES string of the molecule is C=CSc1ncccc1C. The van der Waals surface area contributed by atoms with Crippen LogP contribution >= 0.6 is 11.8 Å². The van der Waals surface area contributed by atoms with Crippen molar-refractivity contribution in [1.29, 1.82) is 0 Å². The van der Waals surface area contributed by atoms with E-state index in [4.69, 9.17) is 0 Å². The third kappa shape index (κ3) is 1.61. The first kappa shape index (κ1) is 7.35. The van der Waals surface area contributed by atoms with Crippen molar-refractivity contribution in [1.82, 2.24) is 4.98 Å². The zero-order chi connectivity index (χ0) is 7.40. The van der Waals surface area contributed by atoms with Gasteiger partial charge in [0.2, 0.25) is 0 Å². The van der Waals surface area contributed by atoms with Crippen LogP contribution < -0.4 is 0 Å².